The summed E-state index contributed by atoms with van der Waals surface area (Å²) in [4.78, 5) is 4.46. The summed E-state index contributed by atoms with van der Waals surface area (Å²) in [6, 6.07) is 8.65. The van der Waals surface area contributed by atoms with Gasteiger partial charge in [-0.15, -0.1) is 0 Å². The van der Waals surface area contributed by atoms with E-state index in [0.29, 0.717) is 0 Å². The number of hydrogen-bond donors (Lipinski definition) is 2. The number of aryl methyl sites for hydroxylation is 1. The lowest BCUT2D eigenvalue weighted by Gasteiger charge is -2.23. The van der Waals surface area contributed by atoms with E-state index in [2.05, 4.69) is 16.5 Å². The third-order valence-corrected chi connectivity index (χ3v) is 4.19. The van der Waals surface area contributed by atoms with Crippen LogP contribution in [0, 0.1) is 5.82 Å². The van der Waals surface area contributed by atoms with Crippen molar-refractivity contribution in [3.8, 4) is 0 Å². The lowest BCUT2D eigenvalue weighted by atomic mass is 9.91. The number of hydrazine groups is 1. The topological polar surface area (TPSA) is 50.9 Å². The molecule has 0 aliphatic heterocycles. The number of fused-ring (bicyclic) bond motifs is 1. The molecule has 3 N–H and O–H groups in total. The Morgan fingerprint density at radius 2 is 2.25 bits per heavy atom. The van der Waals surface area contributed by atoms with E-state index in [1.165, 1.54) is 11.6 Å². The molecule has 3 nitrogen and oxygen atoms in total. The van der Waals surface area contributed by atoms with Crippen LogP contribution in [-0.2, 0) is 6.42 Å². The highest BCUT2D eigenvalue weighted by Gasteiger charge is 2.31. The summed E-state index contributed by atoms with van der Waals surface area (Å²) in [7, 11) is 0. The van der Waals surface area contributed by atoms with Gasteiger partial charge in [-0.05, 0) is 42.2 Å². The van der Waals surface area contributed by atoms with Crippen molar-refractivity contribution in [1.82, 2.24) is 10.4 Å². The molecule has 1 heterocycles. The zero-order valence-electron chi connectivity index (χ0n) is 10.8. The molecule has 0 saturated carbocycles. The van der Waals surface area contributed by atoms with Gasteiger partial charge in [0.1, 0.15) is 5.82 Å². The molecule has 0 bridgehead atoms. The SMILES string of the molecule is NNC(c1ccc(Cl)c(F)c1)C1CCc2cccnc21. The molecule has 1 aliphatic carbocycles. The van der Waals surface area contributed by atoms with Crippen LogP contribution in [0.4, 0.5) is 4.39 Å². The van der Waals surface area contributed by atoms with E-state index in [1.54, 1.807) is 18.3 Å². The second kappa shape index (κ2) is 5.48. The van der Waals surface area contributed by atoms with Crippen LogP contribution in [0.3, 0.4) is 0 Å². The zero-order valence-corrected chi connectivity index (χ0v) is 11.6. The molecule has 20 heavy (non-hydrogen) atoms. The van der Waals surface area contributed by atoms with Gasteiger partial charge in [-0.2, -0.15) is 0 Å². The third-order valence-electron chi connectivity index (χ3n) is 3.89. The summed E-state index contributed by atoms with van der Waals surface area (Å²) in [6.45, 7) is 0. The van der Waals surface area contributed by atoms with Gasteiger partial charge < -0.3 is 0 Å². The Morgan fingerprint density at radius 1 is 1.40 bits per heavy atom. The first kappa shape index (κ1) is 13.5. The Balaban J connectivity index is 1.97. The molecule has 5 heteroatoms. The molecule has 0 spiro atoms. The fraction of sp³-hybridized carbons (Fsp3) is 0.267. The number of nitrogens with one attached hydrogen (secondary N) is 1. The van der Waals surface area contributed by atoms with Crippen molar-refractivity contribution in [2.75, 3.05) is 0 Å². The van der Waals surface area contributed by atoms with E-state index in [9.17, 15) is 4.39 Å². The van der Waals surface area contributed by atoms with Crippen molar-refractivity contribution >= 4 is 11.6 Å². The van der Waals surface area contributed by atoms with Crippen molar-refractivity contribution in [2.24, 2.45) is 5.84 Å². The Bertz CT molecular complexity index is 632. The fourth-order valence-electron chi connectivity index (χ4n) is 2.92. The predicted molar refractivity (Wildman–Crippen MR) is 76.8 cm³/mol. The predicted octanol–water partition coefficient (Wildman–Crippen LogP) is 3.11. The number of halogens is 2. The van der Waals surface area contributed by atoms with E-state index in [0.717, 1.165) is 24.1 Å². The maximum absolute atomic E-state index is 13.6. The average Bonchev–Trinajstić information content (AvgIpc) is 2.88. The average molecular weight is 292 g/mol. The first-order valence-corrected chi connectivity index (χ1v) is 6.93. The lowest BCUT2D eigenvalue weighted by molar-refractivity contribution is 0.445. The molecular formula is C15H15ClFN3. The highest BCUT2D eigenvalue weighted by Crippen LogP contribution is 2.40. The number of aromatic nitrogens is 1. The molecule has 1 aliphatic rings. The highest BCUT2D eigenvalue weighted by molar-refractivity contribution is 6.30. The number of nitrogens with zero attached hydrogens (tertiary/aromatic N) is 1. The molecule has 0 radical (unpaired) electrons. The van der Waals surface area contributed by atoms with Crippen LogP contribution in [0.2, 0.25) is 5.02 Å². The van der Waals surface area contributed by atoms with E-state index in [1.807, 2.05) is 6.07 Å². The van der Waals surface area contributed by atoms with Crippen LogP contribution in [-0.4, -0.2) is 4.98 Å². The van der Waals surface area contributed by atoms with Crippen LogP contribution >= 0.6 is 11.6 Å². The maximum Gasteiger partial charge on any atom is 0.142 e. The normalized spacial score (nSPS) is 18.9. The van der Waals surface area contributed by atoms with Crippen molar-refractivity contribution < 1.29 is 4.39 Å². The number of rotatable bonds is 3. The van der Waals surface area contributed by atoms with E-state index in [4.69, 9.17) is 17.4 Å². The van der Waals surface area contributed by atoms with Crippen LogP contribution in [0.1, 0.15) is 35.2 Å². The zero-order chi connectivity index (χ0) is 14.1. The quantitative estimate of drug-likeness (QED) is 0.675. The molecule has 1 aromatic heterocycles. The van der Waals surface area contributed by atoms with Crippen LogP contribution in [0.25, 0.3) is 0 Å². The first-order valence-electron chi connectivity index (χ1n) is 6.55. The number of benzene rings is 1. The summed E-state index contributed by atoms with van der Waals surface area (Å²) >= 11 is 5.73. The molecular weight excluding hydrogens is 277 g/mol. The van der Waals surface area contributed by atoms with Gasteiger partial charge in [0.05, 0.1) is 11.1 Å². The molecule has 1 aromatic carbocycles. The van der Waals surface area contributed by atoms with Crippen molar-refractivity contribution in [1.29, 1.82) is 0 Å². The third kappa shape index (κ3) is 2.30. The molecule has 104 valence electrons. The Hall–Kier alpha value is -1.49. The largest absolute Gasteiger partial charge is 0.271 e. The van der Waals surface area contributed by atoms with Crippen molar-refractivity contribution in [3.63, 3.8) is 0 Å². The summed E-state index contributed by atoms with van der Waals surface area (Å²) < 4.78 is 13.6. The standard InChI is InChI=1S/C15H15ClFN3/c16-12-6-4-10(8-13(12)17)15(20-18)11-5-3-9-2-1-7-19-14(9)11/h1-2,4,6-8,11,15,20H,3,5,18H2. The second-order valence-corrected chi connectivity index (χ2v) is 5.42. The van der Waals surface area contributed by atoms with Crippen molar-refractivity contribution in [2.45, 2.75) is 24.8 Å². The maximum atomic E-state index is 13.6. The molecule has 0 amide bonds. The first-order chi connectivity index (χ1) is 9.70. The van der Waals surface area contributed by atoms with Gasteiger partial charge in [-0.3, -0.25) is 16.3 Å². The van der Waals surface area contributed by atoms with Gasteiger partial charge in [-0.1, -0.05) is 23.7 Å². The molecule has 2 atom stereocenters. The molecule has 2 aromatic rings. The van der Waals surface area contributed by atoms with E-state index < -0.39 is 5.82 Å². The van der Waals surface area contributed by atoms with Crippen molar-refractivity contribution in [3.05, 3.63) is 64.2 Å². The van der Waals surface area contributed by atoms with Gasteiger partial charge in [-0.25, -0.2) is 4.39 Å². The van der Waals surface area contributed by atoms with Gasteiger partial charge in [0.15, 0.2) is 0 Å². The Morgan fingerprint density at radius 3 is 3.00 bits per heavy atom. The summed E-state index contributed by atoms with van der Waals surface area (Å²) in [5, 5.41) is 0.120. The minimum Gasteiger partial charge on any atom is -0.271 e. The molecule has 0 saturated heterocycles. The molecule has 2 unspecified atom stereocenters. The molecule has 0 fully saturated rings. The van der Waals surface area contributed by atoms with Gasteiger partial charge in [0, 0.05) is 17.8 Å². The van der Waals surface area contributed by atoms with Crippen LogP contribution in [0.5, 0.6) is 0 Å². The smallest absolute Gasteiger partial charge is 0.142 e. The van der Waals surface area contributed by atoms with Gasteiger partial charge in [0.25, 0.3) is 0 Å². The molecule has 3 rings (SSSR count). The van der Waals surface area contributed by atoms with Gasteiger partial charge >= 0.3 is 0 Å². The summed E-state index contributed by atoms with van der Waals surface area (Å²) in [6.07, 6.45) is 3.71. The Labute approximate surface area is 121 Å². The number of pyridine rings is 1. The summed E-state index contributed by atoms with van der Waals surface area (Å²) in [5.41, 5.74) is 5.88. The van der Waals surface area contributed by atoms with Gasteiger partial charge in [0.2, 0.25) is 0 Å². The van der Waals surface area contributed by atoms with E-state index >= 15 is 0 Å². The minimum atomic E-state index is -0.427. The van der Waals surface area contributed by atoms with E-state index in [-0.39, 0.29) is 17.0 Å². The minimum absolute atomic E-state index is 0.120. The highest BCUT2D eigenvalue weighted by atomic mass is 35.5. The van der Waals surface area contributed by atoms with Crippen LogP contribution < -0.4 is 11.3 Å². The number of nitrogens with two attached hydrogens (primary N) is 1. The van der Waals surface area contributed by atoms with Crippen LogP contribution in [0.15, 0.2) is 36.5 Å². The number of hydrogen-bond acceptors (Lipinski definition) is 3. The summed E-state index contributed by atoms with van der Waals surface area (Å²) in [5.74, 6) is 5.42. The lowest BCUT2D eigenvalue weighted by Crippen LogP contribution is -2.32. The second-order valence-electron chi connectivity index (χ2n) is 5.01. The monoisotopic (exact) mass is 291 g/mol. The Kier molecular flexibility index (Phi) is 3.70. The fourth-order valence-corrected chi connectivity index (χ4v) is 3.04.